The Labute approximate surface area is 112 Å². The minimum atomic E-state index is 0.343. The van der Waals surface area contributed by atoms with Gasteiger partial charge in [-0.1, -0.05) is 6.07 Å². The summed E-state index contributed by atoms with van der Waals surface area (Å²) in [6.07, 6.45) is 4.28. The lowest BCUT2D eigenvalue weighted by Crippen LogP contribution is -2.01. The molecule has 0 spiro atoms. The number of carbonyl (C=O) groups excluding carboxylic acids is 1. The number of aldehydes is 1. The molecule has 1 heterocycles. The minimum absolute atomic E-state index is 0.343. The van der Waals surface area contributed by atoms with E-state index in [1.165, 1.54) is 0 Å². The van der Waals surface area contributed by atoms with Crippen LogP contribution in [0.3, 0.4) is 0 Å². The van der Waals surface area contributed by atoms with Crippen LogP contribution in [0.1, 0.15) is 21.5 Å². The van der Waals surface area contributed by atoms with Gasteiger partial charge in [0.1, 0.15) is 6.61 Å². The third-order valence-electron chi connectivity index (χ3n) is 2.67. The molecule has 1 aromatic heterocycles. The predicted octanol–water partition coefficient (Wildman–Crippen LogP) is 2.79. The van der Waals surface area contributed by atoms with Gasteiger partial charge in [0.25, 0.3) is 0 Å². The van der Waals surface area contributed by atoms with Crippen LogP contribution in [0.2, 0.25) is 0 Å². The van der Waals surface area contributed by atoms with E-state index >= 15 is 0 Å². The number of para-hydroxylation sites is 1. The van der Waals surface area contributed by atoms with Crippen LogP contribution in [0.5, 0.6) is 11.5 Å². The second kappa shape index (κ2) is 6.00. The van der Waals surface area contributed by atoms with Gasteiger partial charge in [0, 0.05) is 18.0 Å². The predicted molar refractivity (Wildman–Crippen MR) is 71.7 cm³/mol. The molecule has 19 heavy (non-hydrogen) atoms. The van der Waals surface area contributed by atoms with Crippen molar-refractivity contribution in [3.8, 4) is 11.5 Å². The fourth-order valence-electron chi connectivity index (χ4n) is 1.79. The average Bonchev–Trinajstić information content (AvgIpc) is 2.44. The van der Waals surface area contributed by atoms with Gasteiger partial charge in [0.05, 0.1) is 12.7 Å². The third kappa shape index (κ3) is 3.10. The largest absolute Gasteiger partial charge is 0.493 e. The van der Waals surface area contributed by atoms with Crippen LogP contribution in [0, 0.1) is 6.92 Å². The molecule has 0 amide bonds. The first-order valence-electron chi connectivity index (χ1n) is 5.90. The molecule has 0 N–H and O–H groups in total. The van der Waals surface area contributed by atoms with Crippen LogP contribution >= 0.6 is 0 Å². The summed E-state index contributed by atoms with van der Waals surface area (Å²) in [5.41, 5.74) is 2.49. The molecule has 0 saturated heterocycles. The quantitative estimate of drug-likeness (QED) is 0.773. The number of ether oxygens (including phenoxy) is 2. The van der Waals surface area contributed by atoms with E-state index in [0.29, 0.717) is 23.7 Å². The van der Waals surface area contributed by atoms with E-state index in [9.17, 15) is 4.79 Å². The van der Waals surface area contributed by atoms with Gasteiger partial charge in [-0.05, 0) is 30.7 Å². The monoisotopic (exact) mass is 257 g/mol. The van der Waals surface area contributed by atoms with E-state index in [0.717, 1.165) is 17.4 Å². The molecule has 0 aliphatic carbocycles. The number of benzene rings is 1. The summed E-state index contributed by atoms with van der Waals surface area (Å²) in [6.45, 7) is 2.31. The van der Waals surface area contributed by atoms with Crippen molar-refractivity contribution < 1.29 is 14.3 Å². The molecule has 0 atom stereocenters. The van der Waals surface area contributed by atoms with Crippen LogP contribution in [0.4, 0.5) is 0 Å². The average molecular weight is 257 g/mol. The summed E-state index contributed by atoms with van der Waals surface area (Å²) in [5.74, 6) is 1.01. The van der Waals surface area contributed by atoms with Gasteiger partial charge in [0.15, 0.2) is 17.8 Å². The Morgan fingerprint density at radius 1 is 1.32 bits per heavy atom. The molecule has 2 rings (SSSR count). The first-order valence-corrected chi connectivity index (χ1v) is 5.90. The molecule has 0 fully saturated rings. The van der Waals surface area contributed by atoms with Crippen LogP contribution in [-0.4, -0.2) is 18.4 Å². The number of pyridine rings is 1. The molecular weight excluding hydrogens is 242 g/mol. The van der Waals surface area contributed by atoms with Crippen molar-refractivity contribution in [2.24, 2.45) is 0 Å². The second-order valence-electron chi connectivity index (χ2n) is 4.16. The molecule has 0 unspecified atom stereocenters. The lowest BCUT2D eigenvalue weighted by molar-refractivity contribution is 0.111. The zero-order valence-corrected chi connectivity index (χ0v) is 10.9. The van der Waals surface area contributed by atoms with Crippen molar-refractivity contribution in [1.29, 1.82) is 0 Å². The van der Waals surface area contributed by atoms with Gasteiger partial charge < -0.3 is 9.47 Å². The molecule has 2 aromatic rings. The van der Waals surface area contributed by atoms with E-state index in [2.05, 4.69) is 4.98 Å². The molecule has 0 radical (unpaired) electrons. The lowest BCUT2D eigenvalue weighted by atomic mass is 10.2. The summed E-state index contributed by atoms with van der Waals surface area (Å²) in [5, 5.41) is 0. The van der Waals surface area contributed by atoms with E-state index < -0.39 is 0 Å². The molecule has 1 aromatic carbocycles. The van der Waals surface area contributed by atoms with Gasteiger partial charge >= 0.3 is 0 Å². The molecular formula is C15H15NO3. The van der Waals surface area contributed by atoms with E-state index in [4.69, 9.17) is 9.47 Å². The normalized spacial score (nSPS) is 10.0. The highest BCUT2D eigenvalue weighted by Crippen LogP contribution is 2.30. The number of methoxy groups -OCH3 is 1. The number of hydrogen-bond donors (Lipinski definition) is 0. The first kappa shape index (κ1) is 13.1. The standard InChI is InChI=1S/C15H15NO3/c1-11-6-12(8-16-7-11)10-19-15-13(9-17)4-3-5-14(15)18-2/h3-9H,10H2,1-2H3. The zero-order valence-electron chi connectivity index (χ0n) is 10.9. The van der Waals surface area contributed by atoms with Crippen LogP contribution in [0.25, 0.3) is 0 Å². The smallest absolute Gasteiger partial charge is 0.172 e. The maximum Gasteiger partial charge on any atom is 0.172 e. The van der Waals surface area contributed by atoms with Crippen molar-refractivity contribution in [3.05, 3.63) is 53.3 Å². The maximum absolute atomic E-state index is 11.0. The number of rotatable bonds is 5. The third-order valence-corrected chi connectivity index (χ3v) is 2.67. The number of aryl methyl sites for hydroxylation is 1. The fraction of sp³-hybridized carbons (Fsp3) is 0.200. The van der Waals surface area contributed by atoms with Crippen LogP contribution in [-0.2, 0) is 6.61 Å². The van der Waals surface area contributed by atoms with Crippen molar-refractivity contribution in [2.45, 2.75) is 13.5 Å². The second-order valence-corrected chi connectivity index (χ2v) is 4.16. The lowest BCUT2D eigenvalue weighted by Gasteiger charge is -2.12. The molecule has 0 saturated carbocycles. The summed E-state index contributed by atoms with van der Waals surface area (Å²) in [4.78, 5) is 15.1. The SMILES string of the molecule is COc1cccc(C=O)c1OCc1cncc(C)c1. The zero-order chi connectivity index (χ0) is 13.7. The minimum Gasteiger partial charge on any atom is -0.493 e. The number of aromatic nitrogens is 1. The Hall–Kier alpha value is -2.36. The Balaban J connectivity index is 2.21. The Kier molecular flexibility index (Phi) is 4.13. The number of hydrogen-bond acceptors (Lipinski definition) is 4. The highest BCUT2D eigenvalue weighted by Gasteiger charge is 2.10. The van der Waals surface area contributed by atoms with Crippen molar-refractivity contribution in [2.75, 3.05) is 7.11 Å². The molecule has 98 valence electrons. The molecule has 4 nitrogen and oxygen atoms in total. The van der Waals surface area contributed by atoms with Crippen LogP contribution in [0.15, 0.2) is 36.7 Å². The maximum atomic E-state index is 11.0. The highest BCUT2D eigenvalue weighted by atomic mass is 16.5. The molecule has 0 aliphatic heterocycles. The fourth-order valence-corrected chi connectivity index (χ4v) is 1.79. The summed E-state index contributed by atoms with van der Waals surface area (Å²) >= 11 is 0. The summed E-state index contributed by atoms with van der Waals surface area (Å²) in [6, 6.07) is 7.20. The Bertz CT molecular complexity index is 581. The van der Waals surface area contributed by atoms with E-state index in [1.807, 2.05) is 13.0 Å². The van der Waals surface area contributed by atoms with E-state index in [1.54, 1.807) is 37.7 Å². The molecule has 0 bridgehead atoms. The van der Waals surface area contributed by atoms with Crippen LogP contribution < -0.4 is 9.47 Å². The summed E-state index contributed by atoms with van der Waals surface area (Å²) < 4.78 is 10.9. The van der Waals surface area contributed by atoms with Gasteiger partial charge in [-0.3, -0.25) is 9.78 Å². The van der Waals surface area contributed by atoms with Gasteiger partial charge in [0.2, 0.25) is 0 Å². The topological polar surface area (TPSA) is 48.4 Å². The first-order chi connectivity index (χ1) is 9.24. The highest BCUT2D eigenvalue weighted by molar-refractivity contribution is 5.81. The molecule has 0 aliphatic rings. The van der Waals surface area contributed by atoms with Crippen molar-refractivity contribution >= 4 is 6.29 Å². The van der Waals surface area contributed by atoms with E-state index in [-0.39, 0.29) is 0 Å². The Morgan fingerprint density at radius 2 is 2.16 bits per heavy atom. The molecule has 4 heteroatoms. The number of nitrogens with zero attached hydrogens (tertiary/aromatic N) is 1. The van der Waals surface area contributed by atoms with Crippen molar-refractivity contribution in [1.82, 2.24) is 4.98 Å². The summed E-state index contributed by atoms with van der Waals surface area (Å²) in [7, 11) is 1.55. The number of carbonyl (C=O) groups is 1. The Morgan fingerprint density at radius 3 is 2.84 bits per heavy atom. The van der Waals surface area contributed by atoms with Gasteiger partial charge in [-0.2, -0.15) is 0 Å². The van der Waals surface area contributed by atoms with Crippen molar-refractivity contribution in [3.63, 3.8) is 0 Å². The van der Waals surface area contributed by atoms with Gasteiger partial charge in [-0.25, -0.2) is 0 Å². The van der Waals surface area contributed by atoms with Gasteiger partial charge in [-0.15, -0.1) is 0 Å².